The van der Waals surface area contributed by atoms with Crippen LogP contribution in [0.1, 0.15) is 32.1 Å². The summed E-state index contributed by atoms with van der Waals surface area (Å²) < 4.78 is 16.6. The van der Waals surface area contributed by atoms with Crippen molar-refractivity contribution in [1.29, 1.82) is 0 Å². The number of nitrogens with two attached hydrogens (primary N) is 1. The normalized spacial score (nSPS) is 22.3. The van der Waals surface area contributed by atoms with Crippen molar-refractivity contribution in [3.05, 3.63) is 6.20 Å². The quantitative estimate of drug-likeness (QED) is 0.737. The zero-order chi connectivity index (χ0) is 20.4. The number of thioether (sulfide) groups is 1. The Bertz CT molecular complexity index is 780. The summed E-state index contributed by atoms with van der Waals surface area (Å²) in [6.45, 7) is 2.59. The van der Waals surface area contributed by atoms with Gasteiger partial charge in [0.1, 0.15) is 11.5 Å². The van der Waals surface area contributed by atoms with E-state index in [0.29, 0.717) is 37.7 Å². The van der Waals surface area contributed by atoms with Crippen LogP contribution in [0.3, 0.4) is 0 Å². The van der Waals surface area contributed by atoms with Crippen molar-refractivity contribution in [1.82, 2.24) is 4.98 Å². The van der Waals surface area contributed by atoms with Crippen molar-refractivity contribution in [3.63, 3.8) is 0 Å². The molecule has 29 heavy (non-hydrogen) atoms. The summed E-state index contributed by atoms with van der Waals surface area (Å²) in [5, 5.41) is 0. The van der Waals surface area contributed by atoms with Gasteiger partial charge in [0.2, 0.25) is 5.56 Å². The molecular weight excluding hydrogens is 396 g/mol. The second kappa shape index (κ2) is 8.66. The van der Waals surface area contributed by atoms with E-state index in [0.717, 1.165) is 42.8 Å². The van der Waals surface area contributed by atoms with Crippen LogP contribution in [0.4, 0.5) is 16.3 Å². The van der Waals surface area contributed by atoms with E-state index in [1.165, 1.54) is 23.8 Å². The molecule has 2 aliphatic heterocycles. The first-order valence-corrected chi connectivity index (χ1v) is 10.8. The second-order valence-corrected chi connectivity index (χ2v) is 8.38. The molecule has 1 aromatic rings. The van der Waals surface area contributed by atoms with Gasteiger partial charge in [0.25, 0.3) is 0 Å². The summed E-state index contributed by atoms with van der Waals surface area (Å²) in [6, 6.07) is -0.699. The van der Waals surface area contributed by atoms with E-state index in [1.54, 1.807) is 6.20 Å². The minimum Gasteiger partial charge on any atom is -0.493 e. The number of fused-ring (bicyclic) bond motifs is 1. The molecule has 1 aliphatic carbocycles. The molecule has 1 aromatic heterocycles. The predicted molar refractivity (Wildman–Crippen MR) is 108 cm³/mol. The van der Waals surface area contributed by atoms with Gasteiger partial charge in [-0.3, -0.25) is 4.79 Å². The van der Waals surface area contributed by atoms with E-state index in [-0.39, 0.29) is 11.9 Å². The van der Waals surface area contributed by atoms with Crippen LogP contribution in [0, 0.1) is 5.92 Å². The number of aromatic nitrogens is 1. The molecule has 0 bridgehead atoms. The third-order valence-electron chi connectivity index (χ3n) is 5.55. The minimum atomic E-state index is -0.866. The molecule has 2 N–H and O–H groups in total. The summed E-state index contributed by atoms with van der Waals surface area (Å²) in [7, 11) is 1.51. The lowest BCUT2D eigenvalue weighted by Crippen LogP contribution is -2.43. The first kappa shape index (κ1) is 20.1. The number of urea groups is 1. The van der Waals surface area contributed by atoms with Crippen molar-refractivity contribution in [2.24, 2.45) is 11.7 Å². The number of amides is 2. The van der Waals surface area contributed by atoms with Gasteiger partial charge in [0.05, 0.1) is 37.3 Å². The number of anilines is 2. The van der Waals surface area contributed by atoms with Crippen LogP contribution in [0.25, 0.3) is 0 Å². The van der Waals surface area contributed by atoms with Crippen LogP contribution in [0.15, 0.2) is 11.1 Å². The maximum Gasteiger partial charge on any atom is 0.323 e. The molecule has 10 heteroatoms. The summed E-state index contributed by atoms with van der Waals surface area (Å²) in [4.78, 5) is 33.7. The Morgan fingerprint density at radius 3 is 2.62 bits per heavy atom. The predicted octanol–water partition coefficient (Wildman–Crippen LogP) is 2.32. The number of hydrogen-bond donors (Lipinski definition) is 1. The van der Waals surface area contributed by atoms with Crippen molar-refractivity contribution >= 4 is 35.3 Å². The highest BCUT2D eigenvalue weighted by Gasteiger charge is 2.42. The van der Waals surface area contributed by atoms with Crippen molar-refractivity contribution < 1.29 is 23.8 Å². The molecule has 9 nitrogen and oxygen atoms in total. The highest BCUT2D eigenvalue weighted by atomic mass is 32.2. The zero-order valence-electron chi connectivity index (χ0n) is 16.5. The van der Waals surface area contributed by atoms with E-state index in [1.807, 2.05) is 0 Å². The summed E-state index contributed by atoms with van der Waals surface area (Å²) in [5.74, 6) is 0.735. The second-order valence-electron chi connectivity index (χ2n) is 7.33. The van der Waals surface area contributed by atoms with Crippen LogP contribution in [0.2, 0.25) is 0 Å². The van der Waals surface area contributed by atoms with Crippen LogP contribution >= 0.6 is 11.8 Å². The minimum absolute atomic E-state index is 0.124. The van der Waals surface area contributed by atoms with Crippen LogP contribution in [-0.2, 0) is 14.3 Å². The first-order valence-electron chi connectivity index (χ1n) is 9.95. The third-order valence-corrected chi connectivity index (χ3v) is 6.67. The summed E-state index contributed by atoms with van der Waals surface area (Å²) in [6.07, 6.45) is 6.41. The molecule has 0 radical (unpaired) electrons. The number of rotatable bonds is 4. The lowest BCUT2D eigenvalue weighted by Gasteiger charge is -2.29. The molecular formula is C19H26N4O5S. The lowest BCUT2D eigenvalue weighted by atomic mass is 9.89. The van der Waals surface area contributed by atoms with E-state index in [2.05, 4.69) is 9.88 Å². The van der Waals surface area contributed by atoms with E-state index >= 15 is 0 Å². The fourth-order valence-corrected chi connectivity index (χ4v) is 5.28. The Kier molecular flexibility index (Phi) is 6.00. The van der Waals surface area contributed by atoms with Crippen LogP contribution in [-0.4, -0.2) is 56.0 Å². The topological polar surface area (TPSA) is 107 Å². The summed E-state index contributed by atoms with van der Waals surface area (Å²) in [5.41, 5.74) is 5.32. The van der Waals surface area contributed by atoms with Crippen LogP contribution in [0.5, 0.6) is 5.75 Å². The fraction of sp³-hybridized carbons (Fsp3) is 0.632. The van der Waals surface area contributed by atoms with Gasteiger partial charge in [-0.25, -0.2) is 14.7 Å². The van der Waals surface area contributed by atoms with Crippen LogP contribution < -0.4 is 20.3 Å². The van der Waals surface area contributed by atoms with Gasteiger partial charge in [-0.2, -0.15) is 0 Å². The molecule has 3 aliphatic rings. The molecule has 1 atom stereocenters. The number of carbonyl (C=O) groups is 2. The zero-order valence-corrected chi connectivity index (χ0v) is 17.3. The standard InChI is InChI=1S/C19H26N4O5S/c1-26-13-11-21-16(22-7-9-27-10-8-22)15-14(13)23(18(20)25)19(29-15)28-17(24)12-5-3-2-4-6-12/h11-12,19H,2-10H2,1H3,(H2,20,25). The number of carbonyl (C=O) groups excluding carboxylic acids is 2. The molecule has 4 rings (SSSR count). The fourth-order valence-electron chi connectivity index (χ4n) is 4.03. The average Bonchev–Trinajstić information content (AvgIpc) is 3.13. The number of morpholine rings is 1. The average molecular weight is 423 g/mol. The van der Waals surface area contributed by atoms with Gasteiger partial charge >= 0.3 is 12.0 Å². The van der Waals surface area contributed by atoms with Gasteiger partial charge < -0.3 is 24.8 Å². The Hall–Kier alpha value is -2.20. The number of nitrogens with zero attached hydrogens (tertiary/aromatic N) is 3. The number of methoxy groups -OCH3 is 1. The molecule has 1 saturated heterocycles. The number of hydrogen-bond acceptors (Lipinski definition) is 8. The third kappa shape index (κ3) is 3.95. The molecule has 1 unspecified atom stereocenters. The SMILES string of the molecule is COc1cnc(N2CCOCC2)c2c1N(C(N)=O)C(OC(=O)C1CCCCC1)S2. The number of esters is 1. The number of primary amides is 1. The molecule has 158 valence electrons. The molecule has 1 saturated carbocycles. The largest absolute Gasteiger partial charge is 0.493 e. The Morgan fingerprint density at radius 2 is 1.97 bits per heavy atom. The monoisotopic (exact) mass is 422 g/mol. The molecule has 3 heterocycles. The molecule has 0 aromatic carbocycles. The highest BCUT2D eigenvalue weighted by Crippen LogP contribution is 2.52. The molecule has 2 amide bonds. The summed E-state index contributed by atoms with van der Waals surface area (Å²) >= 11 is 1.27. The Morgan fingerprint density at radius 1 is 1.24 bits per heavy atom. The lowest BCUT2D eigenvalue weighted by molar-refractivity contribution is -0.150. The molecule has 2 fully saturated rings. The Labute approximate surface area is 173 Å². The first-order chi connectivity index (χ1) is 14.1. The molecule has 0 spiro atoms. The van der Waals surface area contributed by atoms with Crippen molar-refractivity contribution in [2.75, 3.05) is 43.2 Å². The maximum absolute atomic E-state index is 12.7. The van der Waals surface area contributed by atoms with Gasteiger partial charge in [0, 0.05) is 13.1 Å². The van der Waals surface area contributed by atoms with E-state index in [9.17, 15) is 9.59 Å². The van der Waals surface area contributed by atoms with Crippen molar-refractivity contribution in [2.45, 2.75) is 42.6 Å². The van der Waals surface area contributed by atoms with Gasteiger partial charge in [-0.15, -0.1) is 0 Å². The maximum atomic E-state index is 12.7. The van der Waals surface area contributed by atoms with E-state index < -0.39 is 11.6 Å². The van der Waals surface area contributed by atoms with E-state index in [4.69, 9.17) is 19.9 Å². The number of pyridine rings is 1. The number of ether oxygens (including phenoxy) is 3. The Balaban J connectivity index is 1.64. The highest BCUT2D eigenvalue weighted by molar-refractivity contribution is 8.00. The van der Waals surface area contributed by atoms with Gasteiger partial charge in [-0.05, 0) is 12.8 Å². The van der Waals surface area contributed by atoms with Gasteiger partial charge in [-0.1, -0.05) is 31.0 Å². The van der Waals surface area contributed by atoms with Crippen molar-refractivity contribution in [3.8, 4) is 5.75 Å². The smallest absolute Gasteiger partial charge is 0.323 e. The van der Waals surface area contributed by atoms with Gasteiger partial charge in [0.15, 0.2) is 5.75 Å².